The molecule has 0 amide bonds. The van der Waals surface area contributed by atoms with E-state index in [0.717, 1.165) is 0 Å². The molecule has 0 unspecified atom stereocenters. The van der Waals surface area contributed by atoms with Crippen LogP contribution in [0.3, 0.4) is 0 Å². The molecule has 0 spiro atoms. The molecule has 4 heteroatoms. The molecule has 0 aliphatic carbocycles. The van der Waals surface area contributed by atoms with E-state index in [0.29, 0.717) is 0 Å². The van der Waals surface area contributed by atoms with Gasteiger partial charge in [0.1, 0.15) is 0 Å². The van der Waals surface area contributed by atoms with Crippen LogP contribution in [-0.2, 0) is 13.6 Å². The predicted molar refractivity (Wildman–Crippen MR) is 79.8 cm³/mol. The van der Waals surface area contributed by atoms with Crippen LogP contribution in [-0.4, -0.2) is 19.4 Å². The van der Waals surface area contributed by atoms with Gasteiger partial charge in [0.15, 0.2) is 0 Å². The smallest absolute Gasteiger partial charge is 0.307 e. The van der Waals surface area contributed by atoms with Crippen molar-refractivity contribution in [1.82, 2.24) is 0 Å². The molecular formula is C15H23O3P. The summed E-state index contributed by atoms with van der Waals surface area (Å²) >= 11 is 0. The van der Waals surface area contributed by atoms with Crippen LogP contribution in [0.15, 0.2) is 12.7 Å². The van der Waals surface area contributed by atoms with E-state index in [1.165, 1.54) is 6.08 Å². The molecule has 0 aromatic heterocycles. The average Bonchev–Trinajstić information content (AvgIpc) is 2.35. The summed E-state index contributed by atoms with van der Waals surface area (Å²) in [5.74, 6) is 5.16. The molecule has 0 heterocycles. The van der Waals surface area contributed by atoms with E-state index in [-0.39, 0.29) is 19.4 Å². The minimum Gasteiger partial charge on any atom is -0.307 e. The largest absolute Gasteiger partial charge is 0.334 e. The van der Waals surface area contributed by atoms with Crippen molar-refractivity contribution in [2.24, 2.45) is 10.8 Å². The molecule has 3 nitrogen and oxygen atoms in total. The van der Waals surface area contributed by atoms with Gasteiger partial charge in [-0.25, -0.2) is 0 Å². The van der Waals surface area contributed by atoms with Gasteiger partial charge >= 0.3 is 7.60 Å². The molecule has 0 atom stereocenters. The van der Waals surface area contributed by atoms with Crippen LogP contribution in [0.4, 0.5) is 0 Å². The molecule has 0 aliphatic rings. The van der Waals surface area contributed by atoms with Gasteiger partial charge in [-0.3, -0.25) is 4.57 Å². The minimum atomic E-state index is -3.25. The first-order valence-electron chi connectivity index (χ1n) is 6.04. The van der Waals surface area contributed by atoms with Crippen molar-refractivity contribution in [3.05, 3.63) is 12.7 Å². The lowest BCUT2D eigenvalue weighted by molar-refractivity contribution is 0.146. The van der Waals surface area contributed by atoms with E-state index in [4.69, 9.17) is 21.9 Å². The second kappa shape index (κ2) is 6.97. The fraction of sp³-hybridized carbons (Fsp3) is 0.600. The second-order valence-corrected chi connectivity index (χ2v) is 7.79. The maximum atomic E-state index is 12.5. The number of hydrogen-bond acceptors (Lipinski definition) is 3. The summed E-state index contributed by atoms with van der Waals surface area (Å²) in [5.41, 5.74) is -0.996. The Labute approximate surface area is 117 Å². The molecule has 19 heavy (non-hydrogen) atoms. The third kappa shape index (κ3) is 7.24. The van der Waals surface area contributed by atoms with Crippen LogP contribution >= 0.6 is 7.60 Å². The Balaban J connectivity index is 4.70. The van der Waals surface area contributed by atoms with Crippen molar-refractivity contribution >= 4 is 7.60 Å². The lowest BCUT2D eigenvalue weighted by Gasteiger charge is -2.25. The zero-order valence-corrected chi connectivity index (χ0v) is 13.1. The first kappa shape index (κ1) is 18.0. The van der Waals surface area contributed by atoms with Crippen molar-refractivity contribution in [2.45, 2.75) is 27.7 Å². The Morgan fingerprint density at radius 3 is 1.74 bits per heavy atom. The molecule has 0 saturated heterocycles. The van der Waals surface area contributed by atoms with Gasteiger partial charge in [-0.15, -0.1) is 19.4 Å². The van der Waals surface area contributed by atoms with Gasteiger partial charge in [0.25, 0.3) is 0 Å². The molecule has 0 saturated carbocycles. The Morgan fingerprint density at radius 1 is 1.11 bits per heavy atom. The summed E-state index contributed by atoms with van der Waals surface area (Å²) in [7, 11) is -3.25. The first-order chi connectivity index (χ1) is 8.60. The van der Waals surface area contributed by atoms with Gasteiger partial charge in [0, 0.05) is 10.8 Å². The maximum absolute atomic E-state index is 12.5. The lowest BCUT2D eigenvalue weighted by atomic mass is 9.97. The van der Waals surface area contributed by atoms with Gasteiger partial charge in [0.2, 0.25) is 0 Å². The Morgan fingerprint density at radius 2 is 1.47 bits per heavy atom. The van der Waals surface area contributed by atoms with E-state index < -0.39 is 18.4 Å². The molecule has 0 aromatic rings. The molecule has 0 bridgehead atoms. The Hall–Kier alpha value is -0.990. The molecule has 0 fully saturated rings. The van der Waals surface area contributed by atoms with Gasteiger partial charge in [0.05, 0.1) is 19.4 Å². The van der Waals surface area contributed by atoms with Crippen LogP contribution in [0.1, 0.15) is 27.7 Å². The van der Waals surface area contributed by atoms with Crippen LogP contribution < -0.4 is 0 Å². The molecule has 106 valence electrons. The van der Waals surface area contributed by atoms with E-state index in [2.05, 4.69) is 18.4 Å². The average molecular weight is 282 g/mol. The van der Waals surface area contributed by atoms with Crippen LogP contribution in [0, 0.1) is 35.5 Å². The SMILES string of the molecule is C#CC(C)(C)COP(=O)(CC=C)OCC(C)(C)C#C. The summed E-state index contributed by atoms with van der Waals surface area (Å²) in [4.78, 5) is 0. The molecule has 0 N–H and O–H groups in total. The van der Waals surface area contributed by atoms with Gasteiger partial charge < -0.3 is 9.05 Å². The van der Waals surface area contributed by atoms with Crippen LogP contribution in [0.5, 0.6) is 0 Å². The van der Waals surface area contributed by atoms with Gasteiger partial charge in [-0.2, -0.15) is 0 Å². The number of rotatable bonds is 8. The number of terminal acetylenes is 2. The fourth-order valence-corrected chi connectivity index (χ4v) is 2.54. The van der Waals surface area contributed by atoms with Crippen LogP contribution in [0.2, 0.25) is 0 Å². The standard InChI is InChI=1S/C15H23O3P/c1-8-11-19(16,17-12-14(4,5)9-2)18-13-15(6,7)10-3/h2-3,8H,1,11-13H2,4-7H3. The molecule has 0 radical (unpaired) electrons. The minimum absolute atomic E-state index is 0.133. The third-order valence-corrected chi connectivity index (χ3v) is 4.13. The highest BCUT2D eigenvalue weighted by atomic mass is 31.2. The highest BCUT2D eigenvalue weighted by Gasteiger charge is 2.29. The normalized spacial score (nSPS) is 12.5. The van der Waals surface area contributed by atoms with Gasteiger partial charge in [-0.05, 0) is 27.7 Å². The molecule has 0 rings (SSSR count). The highest BCUT2D eigenvalue weighted by Crippen LogP contribution is 2.50. The zero-order valence-electron chi connectivity index (χ0n) is 12.2. The topological polar surface area (TPSA) is 35.5 Å². The first-order valence-corrected chi connectivity index (χ1v) is 7.77. The molecule has 0 aromatic carbocycles. The monoisotopic (exact) mass is 282 g/mol. The van der Waals surface area contributed by atoms with Crippen molar-refractivity contribution in [3.63, 3.8) is 0 Å². The Kier molecular flexibility index (Phi) is 6.61. The molecular weight excluding hydrogens is 259 g/mol. The van der Waals surface area contributed by atoms with E-state index in [9.17, 15) is 4.57 Å². The van der Waals surface area contributed by atoms with Gasteiger partial charge in [-0.1, -0.05) is 17.9 Å². The second-order valence-electron chi connectivity index (χ2n) is 5.69. The van der Waals surface area contributed by atoms with Crippen molar-refractivity contribution in [2.75, 3.05) is 19.4 Å². The molecule has 0 aliphatic heterocycles. The summed E-state index contributed by atoms with van der Waals surface area (Å²) < 4.78 is 23.3. The van der Waals surface area contributed by atoms with Crippen molar-refractivity contribution in [3.8, 4) is 24.7 Å². The highest BCUT2D eigenvalue weighted by molar-refractivity contribution is 7.54. The summed E-state index contributed by atoms with van der Waals surface area (Å²) in [5, 5.41) is 0. The summed E-state index contributed by atoms with van der Waals surface area (Å²) in [6.45, 7) is 11.2. The Bertz CT molecular complexity index is 401. The third-order valence-electron chi connectivity index (χ3n) is 2.38. The van der Waals surface area contributed by atoms with Crippen molar-refractivity contribution in [1.29, 1.82) is 0 Å². The quantitative estimate of drug-likeness (QED) is 0.387. The summed E-state index contributed by atoms with van der Waals surface area (Å²) in [6.07, 6.45) is 12.4. The van der Waals surface area contributed by atoms with Crippen LogP contribution in [0.25, 0.3) is 0 Å². The predicted octanol–water partition coefficient (Wildman–Crippen LogP) is 3.72. The van der Waals surface area contributed by atoms with E-state index >= 15 is 0 Å². The number of hydrogen-bond donors (Lipinski definition) is 0. The number of allylic oxidation sites excluding steroid dienone is 1. The zero-order chi connectivity index (χ0) is 15.2. The van der Waals surface area contributed by atoms with Crippen molar-refractivity contribution < 1.29 is 13.6 Å². The van der Waals surface area contributed by atoms with E-state index in [1.807, 2.05) is 27.7 Å². The maximum Gasteiger partial charge on any atom is 0.334 e. The fourth-order valence-electron chi connectivity index (χ4n) is 0.904. The summed E-state index contributed by atoms with van der Waals surface area (Å²) in [6, 6.07) is 0. The lowest BCUT2D eigenvalue weighted by Crippen LogP contribution is -2.20. The van der Waals surface area contributed by atoms with E-state index in [1.54, 1.807) is 0 Å².